The molecule has 100 valence electrons. The van der Waals surface area contributed by atoms with Gasteiger partial charge in [-0.05, 0) is 24.5 Å². The minimum atomic E-state index is -0.569. The second-order valence-corrected chi connectivity index (χ2v) is 3.94. The fraction of sp³-hybridized carbons (Fsp3) is 0.500. The highest BCUT2D eigenvalue weighted by Gasteiger charge is 2.11. The van der Waals surface area contributed by atoms with Gasteiger partial charge in [-0.15, -0.1) is 0 Å². The molecule has 0 aliphatic heterocycles. The fourth-order valence-corrected chi connectivity index (χ4v) is 1.62. The standard InChI is InChI=1S/C12H17NO5/c1-17-8-11(14)4-3-9-5-10(13(15)16)7-12(6-9)18-2/h5-7,11,14H,3-4,8H2,1-2H3. The summed E-state index contributed by atoms with van der Waals surface area (Å²) in [7, 11) is 2.97. The Morgan fingerprint density at radius 2 is 2.11 bits per heavy atom. The Morgan fingerprint density at radius 1 is 1.39 bits per heavy atom. The number of ether oxygens (including phenoxy) is 2. The van der Waals surface area contributed by atoms with Crippen LogP contribution >= 0.6 is 0 Å². The molecule has 1 N–H and O–H groups in total. The van der Waals surface area contributed by atoms with E-state index in [0.29, 0.717) is 18.6 Å². The molecule has 0 spiro atoms. The first-order valence-electron chi connectivity index (χ1n) is 5.56. The van der Waals surface area contributed by atoms with Gasteiger partial charge in [0.05, 0.1) is 30.8 Å². The van der Waals surface area contributed by atoms with E-state index < -0.39 is 11.0 Å². The average molecular weight is 255 g/mol. The van der Waals surface area contributed by atoms with Gasteiger partial charge in [0.1, 0.15) is 5.75 Å². The highest BCUT2D eigenvalue weighted by Crippen LogP contribution is 2.23. The summed E-state index contributed by atoms with van der Waals surface area (Å²) in [5.74, 6) is 0.445. The monoisotopic (exact) mass is 255 g/mol. The van der Waals surface area contributed by atoms with Crippen LogP contribution in [0.5, 0.6) is 5.75 Å². The van der Waals surface area contributed by atoms with Crippen LogP contribution in [0.1, 0.15) is 12.0 Å². The van der Waals surface area contributed by atoms with Gasteiger partial charge < -0.3 is 14.6 Å². The van der Waals surface area contributed by atoms with E-state index in [-0.39, 0.29) is 12.3 Å². The van der Waals surface area contributed by atoms with Crippen LogP contribution in [-0.4, -0.2) is 37.0 Å². The Bertz CT molecular complexity index is 407. The van der Waals surface area contributed by atoms with Crippen molar-refractivity contribution in [1.29, 1.82) is 0 Å². The molecule has 0 fully saturated rings. The smallest absolute Gasteiger partial charge is 0.273 e. The Hall–Kier alpha value is -1.66. The molecule has 0 amide bonds. The number of hydrogen-bond acceptors (Lipinski definition) is 5. The molecule has 0 heterocycles. The first-order valence-corrected chi connectivity index (χ1v) is 5.56. The number of methoxy groups -OCH3 is 2. The molecule has 1 rings (SSSR count). The molecule has 0 aliphatic carbocycles. The Labute approximate surface area is 105 Å². The van der Waals surface area contributed by atoms with Gasteiger partial charge in [0.2, 0.25) is 0 Å². The van der Waals surface area contributed by atoms with E-state index in [1.807, 2.05) is 0 Å². The number of aryl methyl sites for hydroxylation is 1. The lowest BCUT2D eigenvalue weighted by atomic mass is 10.1. The zero-order chi connectivity index (χ0) is 13.5. The van der Waals surface area contributed by atoms with Crippen molar-refractivity contribution in [1.82, 2.24) is 0 Å². The van der Waals surface area contributed by atoms with Crippen molar-refractivity contribution in [3.63, 3.8) is 0 Å². The molecular formula is C12H17NO5. The maximum Gasteiger partial charge on any atom is 0.273 e. The predicted molar refractivity (Wildman–Crippen MR) is 65.9 cm³/mol. The lowest BCUT2D eigenvalue weighted by Gasteiger charge is -2.09. The maximum atomic E-state index is 10.7. The van der Waals surface area contributed by atoms with Crippen LogP contribution in [0, 0.1) is 10.1 Å². The molecule has 0 bridgehead atoms. The first-order chi connectivity index (χ1) is 8.56. The summed E-state index contributed by atoms with van der Waals surface area (Å²) in [5.41, 5.74) is 0.752. The Balaban J connectivity index is 2.75. The molecule has 1 aromatic carbocycles. The Morgan fingerprint density at radius 3 is 2.67 bits per heavy atom. The normalized spacial score (nSPS) is 12.2. The number of aliphatic hydroxyl groups excluding tert-OH is 1. The summed E-state index contributed by atoms with van der Waals surface area (Å²) in [6.45, 7) is 0.256. The third kappa shape index (κ3) is 4.31. The van der Waals surface area contributed by atoms with E-state index in [2.05, 4.69) is 0 Å². The highest BCUT2D eigenvalue weighted by molar-refractivity contribution is 5.42. The van der Waals surface area contributed by atoms with Crippen molar-refractivity contribution in [3.8, 4) is 5.75 Å². The summed E-state index contributed by atoms with van der Waals surface area (Å²) in [4.78, 5) is 10.3. The van der Waals surface area contributed by atoms with Crippen LogP contribution in [0.2, 0.25) is 0 Å². The highest BCUT2D eigenvalue weighted by atomic mass is 16.6. The van der Waals surface area contributed by atoms with Gasteiger partial charge in [-0.1, -0.05) is 0 Å². The molecule has 6 nitrogen and oxygen atoms in total. The van der Waals surface area contributed by atoms with Crippen LogP contribution in [-0.2, 0) is 11.2 Å². The second kappa shape index (κ2) is 6.93. The third-order valence-corrected chi connectivity index (χ3v) is 2.52. The van der Waals surface area contributed by atoms with Crippen molar-refractivity contribution in [2.24, 2.45) is 0 Å². The molecule has 0 saturated heterocycles. The van der Waals surface area contributed by atoms with E-state index in [4.69, 9.17) is 9.47 Å². The third-order valence-electron chi connectivity index (χ3n) is 2.52. The van der Waals surface area contributed by atoms with Crippen molar-refractivity contribution in [2.75, 3.05) is 20.8 Å². The van der Waals surface area contributed by atoms with E-state index in [0.717, 1.165) is 5.56 Å². The molecule has 0 aromatic heterocycles. The summed E-state index contributed by atoms with van der Waals surface area (Å²) < 4.78 is 9.82. The van der Waals surface area contributed by atoms with E-state index >= 15 is 0 Å². The zero-order valence-corrected chi connectivity index (χ0v) is 10.5. The quantitative estimate of drug-likeness (QED) is 0.590. The number of nitrogens with zero attached hydrogens (tertiary/aromatic N) is 1. The number of non-ortho nitro benzene ring substituents is 1. The van der Waals surface area contributed by atoms with Crippen LogP contribution < -0.4 is 4.74 Å². The van der Waals surface area contributed by atoms with Crippen molar-refractivity contribution < 1.29 is 19.5 Å². The molecule has 6 heteroatoms. The van der Waals surface area contributed by atoms with E-state index in [9.17, 15) is 15.2 Å². The van der Waals surface area contributed by atoms with Crippen LogP contribution in [0.25, 0.3) is 0 Å². The zero-order valence-electron chi connectivity index (χ0n) is 10.5. The lowest BCUT2D eigenvalue weighted by molar-refractivity contribution is -0.385. The lowest BCUT2D eigenvalue weighted by Crippen LogP contribution is -2.14. The van der Waals surface area contributed by atoms with Crippen LogP contribution in [0.15, 0.2) is 18.2 Å². The molecule has 1 aromatic rings. The Kier molecular flexibility index (Phi) is 5.54. The van der Waals surface area contributed by atoms with Gasteiger partial charge in [0.25, 0.3) is 5.69 Å². The minimum Gasteiger partial charge on any atom is -0.496 e. The number of rotatable bonds is 7. The van der Waals surface area contributed by atoms with Gasteiger partial charge in [-0.25, -0.2) is 0 Å². The van der Waals surface area contributed by atoms with Crippen LogP contribution in [0.3, 0.4) is 0 Å². The molecule has 0 aliphatic rings. The number of aliphatic hydroxyl groups is 1. The van der Waals surface area contributed by atoms with Crippen molar-refractivity contribution >= 4 is 5.69 Å². The summed E-state index contributed by atoms with van der Waals surface area (Å²) >= 11 is 0. The van der Waals surface area contributed by atoms with Crippen LogP contribution in [0.4, 0.5) is 5.69 Å². The van der Waals surface area contributed by atoms with Gasteiger partial charge >= 0.3 is 0 Å². The second-order valence-electron chi connectivity index (χ2n) is 3.94. The van der Waals surface area contributed by atoms with Crippen molar-refractivity contribution in [3.05, 3.63) is 33.9 Å². The maximum absolute atomic E-state index is 10.7. The van der Waals surface area contributed by atoms with Gasteiger partial charge in [0, 0.05) is 13.2 Å². The summed E-state index contributed by atoms with van der Waals surface area (Å²) in [6, 6.07) is 4.59. The molecule has 1 unspecified atom stereocenters. The molecule has 0 radical (unpaired) electrons. The van der Waals surface area contributed by atoms with Gasteiger partial charge in [0.15, 0.2) is 0 Å². The average Bonchev–Trinajstić information content (AvgIpc) is 2.36. The van der Waals surface area contributed by atoms with E-state index in [1.165, 1.54) is 26.4 Å². The number of nitro benzene ring substituents is 1. The number of benzene rings is 1. The van der Waals surface area contributed by atoms with E-state index in [1.54, 1.807) is 6.07 Å². The summed E-state index contributed by atoms with van der Waals surface area (Å²) in [5, 5.41) is 20.3. The summed E-state index contributed by atoms with van der Waals surface area (Å²) in [6.07, 6.45) is 0.445. The largest absolute Gasteiger partial charge is 0.496 e. The van der Waals surface area contributed by atoms with Gasteiger partial charge in [-0.2, -0.15) is 0 Å². The first kappa shape index (κ1) is 14.4. The molecule has 0 saturated carbocycles. The fourth-order valence-electron chi connectivity index (χ4n) is 1.62. The minimum absolute atomic E-state index is 0.00872. The number of hydrogen-bond donors (Lipinski definition) is 1. The molecule has 1 atom stereocenters. The molecular weight excluding hydrogens is 238 g/mol. The van der Waals surface area contributed by atoms with Gasteiger partial charge in [-0.3, -0.25) is 10.1 Å². The van der Waals surface area contributed by atoms with Crippen molar-refractivity contribution in [2.45, 2.75) is 18.9 Å². The SMILES string of the molecule is COCC(O)CCc1cc(OC)cc([N+](=O)[O-])c1. The number of nitro groups is 1. The topological polar surface area (TPSA) is 81.8 Å². The molecule has 18 heavy (non-hydrogen) atoms. The predicted octanol–water partition coefficient (Wildman–Crippen LogP) is 1.54.